The number of carboxylic acids is 1. The van der Waals surface area contributed by atoms with Crippen molar-refractivity contribution in [2.24, 2.45) is 29.4 Å². The molecule has 0 bridgehead atoms. The van der Waals surface area contributed by atoms with Crippen LogP contribution in [0.2, 0.25) is 0 Å². The van der Waals surface area contributed by atoms with Crippen LogP contribution < -0.4 is 26.3 Å². The molecular formula is C28H38N6O5. The van der Waals surface area contributed by atoms with E-state index in [1.54, 1.807) is 24.4 Å². The first-order valence-electron chi connectivity index (χ1n) is 12.4. The number of guanidine groups is 1. The van der Waals surface area contributed by atoms with Crippen molar-refractivity contribution in [1.29, 1.82) is 0 Å². The SMILES string of the molecule is COc1ccc(CC(=O)NC(N)=NC(CC(C)C)C(=O)O)cc1OC.Cn1nccc1-c1cccc(CN)c1. The first kappa shape index (κ1) is 30.8. The van der Waals surface area contributed by atoms with Crippen molar-refractivity contribution >= 4 is 17.8 Å². The minimum Gasteiger partial charge on any atom is -0.493 e. The molecule has 11 nitrogen and oxygen atoms in total. The maximum Gasteiger partial charge on any atom is 0.328 e. The summed E-state index contributed by atoms with van der Waals surface area (Å²) < 4.78 is 12.2. The molecule has 6 N–H and O–H groups in total. The maximum atomic E-state index is 12.1. The van der Waals surface area contributed by atoms with Crippen LogP contribution in [0, 0.1) is 5.92 Å². The summed E-state index contributed by atoms with van der Waals surface area (Å²) >= 11 is 0. The fraction of sp³-hybridized carbons (Fsp3) is 0.357. The van der Waals surface area contributed by atoms with Crippen molar-refractivity contribution in [3.8, 4) is 22.8 Å². The van der Waals surface area contributed by atoms with E-state index >= 15 is 0 Å². The van der Waals surface area contributed by atoms with Crippen LogP contribution in [0.1, 0.15) is 31.4 Å². The van der Waals surface area contributed by atoms with Gasteiger partial charge >= 0.3 is 5.97 Å². The van der Waals surface area contributed by atoms with Crippen molar-refractivity contribution in [2.75, 3.05) is 14.2 Å². The van der Waals surface area contributed by atoms with Crippen LogP contribution in [0.25, 0.3) is 11.3 Å². The third-order valence-corrected chi connectivity index (χ3v) is 5.63. The van der Waals surface area contributed by atoms with E-state index in [1.165, 1.54) is 14.2 Å². The Kier molecular flexibility index (Phi) is 12.0. The number of carbonyl (C=O) groups excluding carboxylic acids is 1. The number of carbonyl (C=O) groups is 2. The van der Waals surface area contributed by atoms with Gasteiger partial charge in [0, 0.05) is 25.4 Å². The largest absolute Gasteiger partial charge is 0.493 e. The molecule has 0 aliphatic heterocycles. The highest BCUT2D eigenvalue weighted by Crippen LogP contribution is 2.27. The van der Waals surface area contributed by atoms with Gasteiger partial charge in [0.05, 0.1) is 26.3 Å². The third kappa shape index (κ3) is 9.78. The van der Waals surface area contributed by atoms with Crippen LogP contribution in [0.3, 0.4) is 0 Å². The van der Waals surface area contributed by atoms with Gasteiger partial charge < -0.3 is 26.0 Å². The van der Waals surface area contributed by atoms with E-state index in [9.17, 15) is 9.59 Å². The van der Waals surface area contributed by atoms with Crippen LogP contribution in [0.15, 0.2) is 59.7 Å². The van der Waals surface area contributed by atoms with Crippen LogP contribution in [0.4, 0.5) is 0 Å². The average Bonchev–Trinajstić information content (AvgIpc) is 3.33. The summed E-state index contributed by atoms with van der Waals surface area (Å²) in [6.45, 7) is 4.35. The number of nitrogens with zero attached hydrogens (tertiary/aromatic N) is 3. The van der Waals surface area contributed by atoms with Gasteiger partial charge in [-0.25, -0.2) is 9.79 Å². The van der Waals surface area contributed by atoms with Crippen molar-refractivity contribution in [2.45, 2.75) is 39.3 Å². The van der Waals surface area contributed by atoms with Gasteiger partial charge in [-0.05, 0) is 47.7 Å². The van der Waals surface area contributed by atoms with E-state index in [4.69, 9.17) is 26.0 Å². The number of aryl methyl sites for hydroxylation is 1. The first-order valence-corrected chi connectivity index (χ1v) is 12.4. The zero-order chi connectivity index (χ0) is 28.9. The molecule has 0 aliphatic rings. The highest BCUT2D eigenvalue weighted by molar-refractivity contribution is 5.97. The molecule has 1 aromatic heterocycles. The zero-order valence-corrected chi connectivity index (χ0v) is 23.0. The van der Waals surface area contributed by atoms with Crippen LogP contribution in [0.5, 0.6) is 11.5 Å². The van der Waals surface area contributed by atoms with E-state index in [2.05, 4.69) is 27.5 Å². The van der Waals surface area contributed by atoms with E-state index in [-0.39, 0.29) is 18.3 Å². The fourth-order valence-electron chi connectivity index (χ4n) is 3.73. The number of nitrogens with two attached hydrogens (primary N) is 2. The molecule has 39 heavy (non-hydrogen) atoms. The van der Waals surface area contributed by atoms with Gasteiger partial charge in [0.2, 0.25) is 5.91 Å². The molecule has 11 heteroatoms. The standard InChI is InChI=1S/C17H25N3O5.C11H13N3/c1-10(2)7-12(16(22)23)19-17(18)20-15(21)9-11-5-6-13(24-3)14(8-11)25-4;1-14-11(5-6-13-14)10-4-2-3-9(7-10)8-12/h5-6,8,10,12H,7,9H2,1-4H3,(H,22,23)(H3,18,19,20,21);2-7H,8,12H2,1H3. The molecule has 3 aromatic rings. The molecule has 2 aromatic carbocycles. The zero-order valence-electron chi connectivity index (χ0n) is 23.0. The third-order valence-electron chi connectivity index (χ3n) is 5.63. The summed E-state index contributed by atoms with van der Waals surface area (Å²) in [6, 6.07) is 14.3. The smallest absolute Gasteiger partial charge is 0.328 e. The van der Waals surface area contributed by atoms with Crippen LogP contribution in [-0.2, 0) is 29.6 Å². The molecule has 1 amide bonds. The van der Waals surface area contributed by atoms with Gasteiger partial charge in [-0.1, -0.05) is 38.1 Å². The van der Waals surface area contributed by atoms with Gasteiger partial charge in [0.25, 0.3) is 0 Å². The number of rotatable bonds is 10. The van der Waals surface area contributed by atoms with Crippen LogP contribution in [-0.4, -0.2) is 53.0 Å². The van der Waals surface area contributed by atoms with Crippen molar-refractivity contribution in [3.63, 3.8) is 0 Å². The van der Waals surface area contributed by atoms with E-state index in [0.717, 1.165) is 16.8 Å². The lowest BCUT2D eigenvalue weighted by atomic mass is 10.0. The number of hydrogen-bond acceptors (Lipinski definition) is 7. The number of carboxylic acid groups (broad SMARTS) is 1. The number of aromatic nitrogens is 2. The highest BCUT2D eigenvalue weighted by Gasteiger charge is 2.19. The second-order valence-corrected chi connectivity index (χ2v) is 9.16. The molecule has 0 fully saturated rings. The molecule has 1 unspecified atom stereocenters. The lowest BCUT2D eigenvalue weighted by molar-refractivity contribution is -0.138. The fourth-order valence-corrected chi connectivity index (χ4v) is 3.73. The molecule has 0 radical (unpaired) electrons. The lowest BCUT2D eigenvalue weighted by Crippen LogP contribution is -2.39. The Morgan fingerprint density at radius 1 is 1.08 bits per heavy atom. The number of aliphatic imine (C=N–C) groups is 1. The minimum absolute atomic E-state index is 0.0402. The second kappa shape index (κ2) is 15.1. The van der Waals surface area contributed by atoms with Gasteiger partial charge in [0.15, 0.2) is 23.5 Å². The summed E-state index contributed by atoms with van der Waals surface area (Å²) in [5, 5.41) is 15.7. The predicted octanol–water partition coefficient (Wildman–Crippen LogP) is 2.72. The summed E-state index contributed by atoms with van der Waals surface area (Å²) in [7, 11) is 4.97. The molecular weight excluding hydrogens is 500 g/mol. The minimum atomic E-state index is -1.08. The Balaban J connectivity index is 0.000000318. The second-order valence-electron chi connectivity index (χ2n) is 9.16. The number of aliphatic carboxylic acids is 1. The summed E-state index contributed by atoms with van der Waals surface area (Å²) in [6.07, 6.45) is 2.17. The molecule has 0 saturated carbocycles. The number of nitrogens with one attached hydrogen (secondary N) is 1. The Hall–Kier alpha value is -4.38. The highest BCUT2D eigenvalue weighted by atomic mass is 16.5. The maximum absolute atomic E-state index is 12.1. The quantitative estimate of drug-likeness (QED) is 0.226. The summed E-state index contributed by atoms with van der Waals surface area (Å²) in [4.78, 5) is 27.1. The predicted molar refractivity (Wildman–Crippen MR) is 150 cm³/mol. The molecule has 0 aliphatic carbocycles. The monoisotopic (exact) mass is 538 g/mol. The molecule has 1 heterocycles. The van der Waals surface area contributed by atoms with Gasteiger partial charge in [0.1, 0.15) is 0 Å². The summed E-state index contributed by atoms with van der Waals surface area (Å²) in [5.41, 5.74) is 15.4. The van der Waals surface area contributed by atoms with Crippen molar-refractivity contribution in [3.05, 3.63) is 65.9 Å². The lowest BCUT2D eigenvalue weighted by Gasteiger charge is -2.12. The summed E-state index contributed by atoms with van der Waals surface area (Å²) in [5.74, 6) is -0.477. The molecule has 3 rings (SSSR count). The van der Waals surface area contributed by atoms with Gasteiger partial charge in [-0.3, -0.25) is 14.8 Å². The Morgan fingerprint density at radius 3 is 2.36 bits per heavy atom. The Morgan fingerprint density at radius 2 is 1.79 bits per heavy atom. The number of benzene rings is 2. The number of ether oxygens (including phenoxy) is 2. The van der Waals surface area contributed by atoms with Crippen molar-refractivity contribution < 1.29 is 24.2 Å². The molecule has 0 spiro atoms. The Labute approximate surface area is 228 Å². The topological polar surface area (TPSA) is 167 Å². The van der Waals surface area contributed by atoms with Crippen molar-refractivity contribution in [1.82, 2.24) is 15.1 Å². The van der Waals surface area contributed by atoms with E-state index in [0.29, 0.717) is 30.0 Å². The van der Waals surface area contributed by atoms with Gasteiger partial charge in [-0.2, -0.15) is 5.10 Å². The normalized spacial score (nSPS) is 11.8. The van der Waals surface area contributed by atoms with E-state index < -0.39 is 17.9 Å². The average molecular weight is 539 g/mol. The molecule has 210 valence electrons. The van der Waals surface area contributed by atoms with Crippen LogP contribution >= 0.6 is 0 Å². The van der Waals surface area contributed by atoms with E-state index in [1.807, 2.05) is 43.8 Å². The number of methoxy groups -OCH3 is 2. The molecule has 0 saturated heterocycles. The number of amides is 1. The van der Waals surface area contributed by atoms with Gasteiger partial charge in [-0.15, -0.1) is 0 Å². The number of hydrogen-bond donors (Lipinski definition) is 4. The first-order chi connectivity index (χ1) is 18.6. The Bertz CT molecular complexity index is 1270. The molecule has 1 atom stereocenters.